The summed E-state index contributed by atoms with van der Waals surface area (Å²) in [6, 6.07) is 12.3. The van der Waals surface area contributed by atoms with Crippen LogP contribution in [0.5, 0.6) is 0 Å². The van der Waals surface area contributed by atoms with Gasteiger partial charge in [-0.25, -0.2) is 9.37 Å². The van der Waals surface area contributed by atoms with Crippen molar-refractivity contribution in [1.82, 2.24) is 4.98 Å². The Morgan fingerprint density at radius 3 is 2.95 bits per heavy atom. The highest BCUT2D eigenvalue weighted by molar-refractivity contribution is 5.77. The Bertz CT molecular complexity index is 721. The van der Waals surface area contributed by atoms with E-state index in [9.17, 15) is 4.39 Å². The highest BCUT2D eigenvalue weighted by Crippen LogP contribution is 2.20. The Labute approximate surface area is 110 Å². The number of halogens is 1. The molecule has 0 atom stereocenters. The topological polar surface area (TPSA) is 38.1 Å². The van der Waals surface area contributed by atoms with Crippen molar-refractivity contribution in [1.29, 1.82) is 0 Å². The number of nitrogens with zero attached hydrogens (tertiary/aromatic N) is 1. The molecule has 0 saturated heterocycles. The zero-order chi connectivity index (χ0) is 13.2. The average Bonchev–Trinajstić information content (AvgIpc) is 2.75. The Hall–Kier alpha value is -2.36. The van der Waals surface area contributed by atoms with E-state index in [0.29, 0.717) is 12.4 Å². The first-order chi connectivity index (χ1) is 9.20. The minimum Gasteiger partial charge on any atom is -0.441 e. The third-order valence-corrected chi connectivity index (χ3v) is 2.88. The zero-order valence-electron chi connectivity index (χ0n) is 10.5. The summed E-state index contributed by atoms with van der Waals surface area (Å²) in [5.74, 6) is 0.430. The molecule has 0 bridgehead atoms. The second-order valence-corrected chi connectivity index (χ2v) is 4.40. The van der Waals surface area contributed by atoms with Crippen molar-refractivity contribution in [3.05, 3.63) is 59.7 Å². The van der Waals surface area contributed by atoms with Gasteiger partial charge in [0.25, 0.3) is 0 Å². The molecule has 1 aromatic heterocycles. The largest absolute Gasteiger partial charge is 0.441 e. The molecule has 3 rings (SSSR count). The maximum absolute atomic E-state index is 13.1. The molecule has 0 aliphatic heterocycles. The average molecular weight is 256 g/mol. The van der Waals surface area contributed by atoms with Crippen molar-refractivity contribution in [2.75, 3.05) is 5.32 Å². The molecular formula is C15H13FN2O. The number of benzene rings is 2. The van der Waals surface area contributed by atoms with Crippen LogP contribution >= 0.6 is 0 Å². The highest BCUT2D eigenvalue weighted by atomic mass is 19.1. The van der Waals surface area contributed by atoms with Gasteiger partial charge >= 0.3 is 0 Å². The number of oxazole rings is 1. The van der Waals surface area contributed by atoms with Gasteiger partial charge in [0, 0.05) is 19.2 Å². The quantitative estimate of drug-likeness (QED) is 0.772. The first-order valence-corrected chi connectivity index (χ1v) is 6.06. The minimum atomic E-state index is -0.220. The van der Waals surface area contributed by atoms with E-state index >= 15 is 0 Å². The van der Waals surface area contributed by atoms with Gasteiger partial charge in [-0.1, -0.05) is 12.1 Å². The molecule has 0 unspecified atom stereocenters. The summed E-state index contributed by atoms with van der Waals surface area (Å²) in [5, 5.41) is 3.24. The highest BCUT2D eigenvalue weighted by Gasteiger charge is 2.03. The van der Waals surface area contributed by atoms with Crippen molar-refractivity contribution >= 4 is 16.8 Å². The summed E-state index contributed by atoms with van der Waals surface area (Å²) in [4.78, 5) is 4.28. The fourth-order valence-corrected chi connectivity index (χ4v) is 2.00. The molecular weight excluding hydrogens is 243 g/mol. The smallest absolute Gasteiger partial charge is 0.192 e. The number of nitrogens with one attached hydrogen (secondary N) is 1. The van der Waals surface area contributed by atoms with E-state index in [0.717, 1.165) is 22.4 Å². The fourth-order valence-electron chi connectivity index (χ4n) is 2.00. The molecule has 0 amide bonds. The van der Waals surface area contributed by atoms with Crippen molar-refractivity contribution in [2.24, 2.45) is 0 Å². The molecule has 3 nitrogen and oxygen atoms in total. The van der Waals surface area contributed by atoms with Crippen LogP contribution in [0.25, 0.3) is 11.1 Å². The van der Waals surface area contributed by atoms with Crippen LogP contribution in [0.1, 0.15) is 11.5 Å². The SMILES string of the molecule is Cc1nc2cc(NCc3cccc(F)c3)ccc2o1. The number of anilines is 1. The van der Waals surface area contributed by atoms with Gasteiger partial charge in [-0.3, -0.25) is 0 Å². The van der Waals surface area contributed by atoms with E-state index in [1.807, 2.05) is 31.2 Å². The third kappa shape index (κ3) is 2.57. The van der Waals surface area contributed by atoms with Gasteiger partial charge in [0.15, 0.2) is 11.5 Å². The van der Waals surface area contributed by atoms with Gasteiger partial charge in [-0.2, -0.15) is 0 Å². The van der Waals surface area contributed by atoms with Crippen LogP contribution in [0.2, 0.25) is 0 Å². The summed E-state index contributed by atoms with van der Waals surface area (Å²) in [7, 11) is 0. The van der Waals surface area contributed by atoms with E-state index in [1.165, 1.54) is 12.1 Å². The summed E-state index contributed by atoms with van der Waals surface area (Å²) in [5.41, 5.74) is 3.43. The summed E-state index contributed by atoms with van der Waals surface area (Å²) in [6.45, 7) is 2.39. The van der Waals surface area contributed by atoms with E-state index in [-0.39, 0.29) is 5.82 Å². The molecule has 96 valence electrons. The number of aryl methyl sites for hydroxylation is 1. The first kappa shape index (κ1) is 11.7. The zero-order valence-corrected chi connectivity index (χ0v) is 10.5. The molecule has 0 aliphatic rings. The first-order valence-electron chi connectivity index (χ1n) is 6.06. The number of hydrogen-bond acceptors (Lipinski definition) is 3. The number of rotatable bonds is 3. The van der Waals surface area contributed by atoms with Crippen LogP contribution in [0.4, 0.5) is 10.1 Å². The maximum atomic E-state index is 13.1. The van der Waals surface area contributed by atoms with Gasteiger partial charge in [0.05, 0.1) is 0 Å². The molecule has 0 radical (unpaired) electrons. The summed E-state index contributed by atoms with van der Waals surface area (Å²) < 4.78 is 18.5. The van der Waals surface area contributed by atoms with Gasteiger partial charge in [0.2, 0.25) is 0 Å². The Kier molecular flexibility index (Phi) is 2.91. The lowest BCUT2D eigenvalue weighted by molar-refractivity contribution is 0.561. The van der Waals surface area contributed by atoms with Crippen molar-refractivity contribution in [2.45, 2.75) is 13.5 Å². The number of fused-ring (bicyclic) bond motifs is 1. The third-order valence-electron chi connectivity index (χ3n) is 2.88. The molecule has 1 heterocycles. The van der Waals surface area contributed by atoms with Crippen molar-refractivity contribution in [3.8, 4) is 0 Å². The Balaban J connectivity index is 1.78. The molecule has 19 heavy (non-hydrogen) atoms. The number of aromatic nitrogens is 1. The lowest BCUT2D eigenvalue weighted by Gasteiger charge is -2.06. The Morgan fingerprint density at radius 2 is 2.11 bits per heavy atom. The second-order valence-electron chi connectivity index (χ2n) is 4.40. The van der Waals surface area contributed by atoms with Crippen LogP contribution in [-0.2, 0) is 6.54 Å². The van der Waals surface area contributed by atoms with Crippen molar-refractivity contribution in [3.63, 3.8) is 0 Å². The molecule has 3 aromatic rings. The van der Waals surface area contributed by atoms with Gasteiger partial charge in [-0.05, 0) is 35.9 Å². The normalized spacial score (nSPS) is 10.8. The van der Waals surface area contributed by atoms with E-state index in [2.05, 4.69) is 10.3 Å². The molecule has 1 N–H and O–H groups in total. The van der Waals surface area contributed by atoms with Crippen LogP contribution in [0.3, 0.4) is 0 Å². The molecule has 0 spiro atoms. The van der Waals surface area contributed by atoms with Crippen LogP contribution < -0.4 is 5.32 Å². The second kappa shape index (κ2) is 4.72. The Morgan fingerprint density at radius 1 is 1.21 bits per heavy atom. The lowest BCUT2D eigenvalue weighted by Crippen LogP contribution is -1.99. The standard InChI is InChI=1S/C15H13FN2O/c1-10-18-14-8-13(5-6-15(14)19-10)17-9-11-3-2-4-12(16)7-11/h2-8,17H,9H2,1H3. The molecule has 0 aliphatic carbocycles. The predicted octanol–water partition coefficient (Wildman–Crippen LogP) is 3.89. The molecule has 0 saturated carbocycles. The van der Waals surface area contributed by atoms with E-state index in [1.54, 1.807) is 6.07 Å². The predicted molar refractivity (Wildman–Crippen MR) is 72.5 cm³/mol. The monoisotopic (exact) mass is 256 g/mol. The van der Waals surface area contributed by atoms with Crippen LogP contribution in [0, 0.1) is 12.7 Å². The van der Waals surface area contributed by atoms with E-state index in [4.69, 9.17) is 4.42 Å². The van der Waals surface area contributed by atoms with Gasteiger partial charge in [-0.15, -0.1) is 0 Å². The maximum Gasteiger partial charge on any atom is 0.192 e. The fraction of sp³-hybridized carbons (Fsp3) is 0.133. The molecule has 4 heteroatoms. The number of hydrogen-bond donors (Lipinski definition) is 1. The van der Waals surface area contributed by atoms with Crippen LogP contribution in [-0.4, -0.2) is 4.98 Å². The minimum absolute atomic E-state index is 0.220. The van der Waals surface area contributed by atoms with Crippen molar-refractivity contribution < 1.29 is 8.81 Å². The van der Waals surface area contributed by atoms with E-state index < -0.39 is 0 Å². The molecule has 0 fully saturated rings. The molecule has 2 aromatic carbocycles. The van der Waals surface area contributed by atoms with Crippen LogP contribution in [0.15, 0.2) is 46.9 Å². The van der Waals surface area contributed by atoms with Gasteiger partial charge < -0.3 is 9.73 Å². The van der Waals surface area contributed by atoms with Gasteiger partial charge in [0.1, 0.15) is 11.3 Å². The summed E-state index contributed by atoms with van der Waals surface area (Å²) in [6.07, 6.45) is 0. The lowest BCUT2D eigenvalue weighted by atomic mass is 10.2. The summed E-state index contributed by atoms with van der Waals surface area (Å²) >= 11 is 0.